The molecule has 2 rings (SSSR count). The summed E-state index contributed by atoms with van der Waals surface area (Å²) in [4.78, 5) is 7.04. The van der Waals surface area contributed by atoms with Gasteiger partial charge in [0.1, 0.15) is 0 Å². The second-order valence-electron chi connectivity index (χ2n) is 5.56. The summed E-state index contributed by atoms with van der Waals surface area (Å²) in [5, 5.41) is 5.88. The third-order valence-corrected chi connectivity index (χ3v) is 4.86. The fourth-order valence-corrected chi connectivity index (χ4v) is 3.24. The molecular formula is C14H25N3S. The quantitative estimate of drug-likeness (QED) is 0.888. The van der Waals surface area contributed by atoms with Crippen molar-refractivity contribution in [1.29, 1.82) is 0 Å². The molecule has 0 amide bonds. The van der Waals surface area contributed by atoms with Gasteiger partial charge in [-0.2, -0.15) is 0 Å². The minimum Gasteiger partial charge on any atom is -0.309 e. The van der Waals surface area contributed by atoms with Gasteiger partial charge in [-0.05, 0) is 19.8 Å². The first-order chi connectivity index (χ1) is 8.67. The first kappa shape index (κ1) is 14.0. The average Bonchev–Trinajstić information content (AvgIpc) is 2.90. The smallest absolute Gasteiger partial charge is 0.0794 e. The summed E-state index contributed by atoms with van der Waals surface area (Å²) in [5.41, 5.74) is 3.46. The lowest BCUT2D eigenvalue weighted by atomic mass is 9.92. The molecule has 1 aromatic rings. The van der Waals surface area contributed by atoms with Crippen LogP contribution in [-0.2, 0) is 6.42 Å². The second kappa shape index (κ2) is 6.13. The maximum Gasteiger partial charge on any atom is 0.0794 e. The molecule has 0 spiro atoms. The van der Waals surface area contributed by atoms with Crippen LogP contribution in [0, 0.1) is 0 Å². The molecule has 1 aliphatic rings. The third-order valence-electron chi connectivity index (χ3n) is 4.22. The molecule has 0 aromatic carbocycles. The van der Waals surface area contributed by atoms with Crippen LogP contribution in [-0.4, -0.2) is 41.1 Å². The third kappa shape index (κ3) is 3.31. The van der Waals surface area contributed by atoms with E-state index < -0.39 is 0 Å². The molecular weight excluding hydrogens is 242 g/mol. The van der Waals surface area contributed by atoms with Crippen molar-refractivity contribution in [1.82, 2.24) is 15.2 Å². The molecule has 1 fully saturated rings. The van der Waals surface area contributed by atoms with Crippen LogP contribution in [0.3, 0.4) is 0 Å². The first-order valence-electron chi connectivity index (χ1n) is 7.03. The van der Waals surface area contributed by atoms with Gasteiger partial charge in [0, 0.05) is 43.0 Å². The van der Waals surface area contributed by atoms with Gasteiger partial charge < -0.3 is 5.32 Å². The Balaban J connectivity index is 1.93. The van der Waals surface area contributed by atoms with Gasteiger partial charge in [0.05, 0.1) is 11.2 Å². The molecule has 2 heterocycles. The number of thiazole rings is 1. The second-order valence-corrected chi connectivity index (χ2v) is 6.28. The Hall–Kier alpha value is -0.450. The van der Waals surface area contributed by atoms with Crippen LogP contribution in [0.4, 0.5) is 0 Å². The number of nitrogens with zero attached hydrogens (tertiary/aromatic N) is 2. The van der Waals surface area contributed by atoms with Crippen molar-refractivity contribution in [3.05, 3.63) is 16.6 Å². The van der Waals surface area contributed by atoms with E-state index in [1.165, 1.54) is 18.5 Å². The van der Waals surface area contributed by atoms with E-state index in [0.717, 1.165) is 26.1 Å². The van der Waals surface area contributed by atoms with Crippen LogP contribution in [0.25, 0.3) is 0 Å². The predicted octanol–water partition coefficient (Wildman–Crippen LogP) is 2.54. The van der Waals surface area contributed by atoms with E-state index in [1.54, 1.807) is 11.3 Å². The Bertz CT molecular complexity index is 352. The van der Waals surface area contributed by atoms with Crippen molar-refractivity contribution in [2.24, 2.45) is 0 Å². The predicted molar refractivity (Wildman–Crippen MR) is 78.2 cm³/mol. The maximum absolute atomic E-state index is 4.38. The normalized spacial score (nSPS) is 29.6. The monoisotopic (exact) mass is 267 g/mol. The average molecular weight is 267 g/mol. The highest BCUT2D eigenvalue weighted by Gasteiger charge is 2.33. The number of aromatic nitrogens is 1. The number of rotatable bonds is 5. The van der Waals surface area contributed by atoms with Crippen molar-refractivity contribution in [2.45, 2.75) is 51.6 Å². The Kier molecular flexibility index (Phi) is 4.76. The SMILES string of the molecule is CCC1CNC(C)(CC)CN1CCc1cscn1. The highest BCUT2D eigenvalue weighted by atomic mass is 32.1. The summed E-state index contributed by atoms with van der Waals surface area (Å²) in [6.07, 6.45) is 3.50. The standard InChI is InChI=1S/C14H25N3S/c1-4-13-8-16-14(3,5-2)10-17(13)7-6-12-9-18-11-15-12/h9,11,13,16H,4-8,10H2,1-3H3. The molecule has 0 saturated carbocycles. The lowest BCUT2D eigenvalue weighted by Gasteiger charge is -2.46. The van der Waals surface area contributed by atoms with Crippen molar-refractivity contribution in [3.63, 3.8) is 0 Å². The Morgan fingerprint density at radius 3 is 3.00 bits per heavy atom. The maximum atomic E-state index is 4.38. The molecule has 3 nitrogen and oxygen atoms in total. The van der Waals surface area contributed by atoms with Crippen LogP contribution < -0.4 is 5.32 Å². The summed E-state index contributed by atoms with van der Waals surface area (Å²) >= 11 is 1.70. The number of hydrogen-bond acceptors (Lipinski definition) is 4. The highest BCUT2D eigenvalue weighted by molar-refractivity contribution is 7.07. The van der Waals surface area contributed by atoms with E-state index in [2.05, 4.69) is 41.4 Å². The Morgan fingerprint density at radius 2 is 2.39 bits per heavy atom. The van der Waals surface area contributed by atoms with Crippen LogP contribution in [0.1, 0.15) is 39.3 Å². The molecule has 2 unspecified atom stereocenters. The molecule has 1 N–H and O–H groups in total. The molecule has 18 heavy (non-hydrogen) atoms. The van der Waals surface area contributed by atoms with Gasteiger partial charge >= 0.3 is 0 Å². The zero-order valence-corrected chi connectivity index (χ0v) is 12.6. The van der Waals surface area contributed by atoms with Crippen LogP contribution in [0.5, 0.6) is 0 Å². The summed E-state index contributed by atoms with van der Waals surface area (Å²) in [5.74, 6) is 0. The highest BCUT2D eigenvalue weighted by Crippen LogP contribution is 2.20. The minimum atomic E-state index is 0.285. The van der Waals surface area contributed by atoms with Gasteiger partial charge in [0.25, 0.3) is 0 Å². The van der Waals surface area contributed by atoms with E-state index in [1.807, 2.05) is 5.51 Å². The van der Waals surface area contributed by atoms with Crippen molar-refractivity contribution in [3.8, 4) is 0 Å². The van der Waals surface area contributed by atoms with Gasteiger partial charge in [0.15, 0.2) is 0 Å². The zero-order valence-electron chi connectivity index (χ0n) is 11.8. The first-order valence-corrected chi connectivity index (χ1v) is 7.97. The summed E-state index contributed by atoms with van der Waals surface area (Å²) < 4.78 is 0. The summed E-state index contributed by atoms with van der Waals surface area (Å²) in [6, 6.07) is 0.684. The van der Waals surface area contributed by atoms with Gasteiger partial charge in [-0.25, -0.2) is 4.98 Å². The number of nitrogens with one attached hydrogen (secondary N) is 1. The van der Waals surface area contributed by atoms with E-state index in [0.29, 0.717) is 6.04 Å². The fourth-order valence-electron chi connectivity index (χ4n) is 2.65. The molecule has 102 valence electrons. The number of hydrogen-bond donors (Lipinski definition) is 1. The Labute approximate surface area is 115 Å². The minimum absolute atomic E-state index is 0.285. The molecule has 4 heteroatoms. The molecule has 1 aliphatic heterocycles. The van der Waals surface area contributed by atoms with Gasteiger partial charge in [-0.15, -0.1) is 11.3 Å². The summed E-state index contributed by atoms with van der Waals surface area (Å²) in [7, 11) is 0. The van der Waals surface area contributed by atoms with Crippen LogP contribution >= 0.6 is 11.3 Å². The van der Waals surface area contributed by atoms with Crippen molar-refractivity contribution in [2.75, 3.05) is 19.6 Å². The molecule has 2 atom stereocenters. The lowest BCUT2D eigenvalue weighted by Crippen LogP contribution is -2.62. The van der Waals surface area contributed by atoms with E-state index in [4.69, 9.17) is 0 Å². The van der Waals surface area contributed by atoms with Crippen molar-refractivity contribution < 1.29 is 0 Å². The summed E-state index contributed by atoms with van der Waals surface area (Å²) in [6.45, 7) is 10.3. The largest absolute Gasteiger partial charge is 0.309 e. The van der Waals surface area contributed by atoms with E-state index in [9.17, 15) is 0 Å². The van der Waals surface area contributed by atoms with Crippen LogP contribution in [0.15, 0.2) is 10.9 Å². The van der Waals surface area contributed by atoms with Gasteiger partial charge in [-0.1, -0.05) is 13.8 Å². The van der Waals surface area contributed by atoms with Gasteiger partial charge in [-0.3, -0.25) is 4.90 Å². The van der Waals surface area contributed by atoms with E-state index >= 15 is 0 Å². The van der Waals surface area contributed by atoms with Gasteiger partial charge in [0.2, 0.25) is 0 Å². The molecule has 0 aliphatic carbocycles. The van der Waals surface area contributed by atoms with E-state index in [-0.39, 0.29) is 5.54 Å². The molecule has 0 radical (unpaired) electrons. The number of piperazine rings is 1. The zero-order chi connectivity index (χ0) is 13.0. The molecule has 0 bridgehead atoms. The fraction of sp³-hybridized carbons (Fsp3) is 0.786. The Morgan fingerprint density at radius 1 is 1.56 bits per heavy atom. The van der Waals surface area contributed by atoms with Crippen molar-refractivity contribution >= 4 is 11.3 Å². The molecule has 1 aromatic heterocycles. The lowest BCUT2D eigenvalue weighted by molar-refractivity contribution is 0.0830. The van der Waals surface area contributed by atoms with Crippen LogP contribution in [0.2, 0.25) is 0 Å². The topological polar surface area (TPSA) is 28.2 Å². The molecule has 1 saturated heterocycles.